The van der Waals surface area contributed by atoms with Gasteiger partial charge >= 0.3 is 0 Å². The normalized spacial score (nSPS) is 63.9. The number of hydrogen-bond acceptors (Lipinski definition) is 0. The Labute approximate surface area is 50.5 Å². The molecule has 2 fully saturated rings. The Morgan fingerprint density at radius 3 is 2.50 bits per heavy atom. The molecule has 46 valence electrons. The van der Waals surface area contributed by atoms with Crippen molar-refractivity contribution in [1.82, 2.24) is 0 Å². The first-order valence-electron chi connectivity index (χ1n) is 3.87. The minimum Gasteiger partial charge on any atom is -0.247 e. The van der Waals surface area contributed by atoms with Gasteiger partial charge in [0.1, 0.15) is 6.15 Å². The molecule has 8 heavy (non-hydrogen) atoms. The predicted octanol–water partition coefficient (Wildman–Crippen LogP) is 2.14. The van der Waals surface area contributed by atoms with Crippen molar-refractivity contribution in [3.8, 4) is 0 Å². The molecule has 0 amide bonds. The van der Waals surface area contributed by atoms with Gasteiger partial charge in [0.15, 0.2) is 0 Å². The highest BCUT2D eigenvalue weighted by Crippen LogP contribution is 2.45. The van der Waals surface area contributed by atoms with Gasteiger partial charge < -0.3 is 0 Å². The molecule has 0 aromatic rings. The molecule has 0 spiro atoms. The Balaban J connectivity index is 2.18. The summed E-state index contributed by atoms with van der Waals surface area (Å²) in [6.07, 6.45) is 2.10. The molecule has 0 aromatic carbocycles. The van der Waals surface area contributed by atoms with Gasteiger partial charge in [0.2, 0.25) is 0 Å². The van der Waals surface area contributed by atoms with Gasteiger partial charge in [-0.25, -0.2) is 4.39 Å². The Morgan fingerprint density at radius 2 is 2.25 bits per heavy atom. The standard InChI is InChI=1S/C7H11F/c8-7-4-5-1-2-6(7)3-5/h5-7H,1-4H2/t5?,6?,7-/m1/s1/i7D. The lowest BCUT2D eigenvalue weighted by Gasteiger charge is -2.11. The lowest BCUT2D eigenvalue weighted by Crippen LogP contribution is -2.09. The lowest BCUT2D eigenvalue weighted by atomic mass is 9.99. The summed E-state index contributed by atoms with van der Waals surface area (Å²) in [6.45, 7) is 0. The van der Waals surface area contributed by atoms with E-state index in [4.69, 9.17) is 1.37 Å². The zero-order valence-electron chi connectivity index (χ0n) is 5.86. The summed E-state index contributed by atoms with van der Waals surface area (Å²) in [5.74, 6) is 0.639. The molecule has 0 aliphatic heterocycles. The lowest BCUT2D eigenvalue weighted by molar-refractivity contribution is 0.231. The Hall–Kier alpha value is -0.0700. The van der Waals surface area contributed by atoms with Crippen LogP contribution in [-0.4, -0.2) is 6.15 Å². The Kier molecular flexibility index (Phi) is 0.704. The van der Waals surface area contributed by atoms with Crippen LogP contribution in [0.1, 0.15) is 27.1 Å². The first kappa shape index (κ1) is 3.86. The van der Waals surface area contributed by atoms with Gasteiger partial charge in [-0.15, -0.1) is 0 Å². The third-order valence-electron chi connectivity index (χ3n) is 2.47. The fourth-order valence-corrected chi connectivity index (χ4v) is 1.99. The molecule has 0 nitrogen and oxygen atoms in total. The van der Waals surface area contributed by atoms with Crippen LogP contribution in [0.2, 0.25) is 0 Å². The summed E-state index contributed by atoms with van der Waals surface area (Å²) in [5, 5.41) is 0. The zero-order chi connectivity index (χ0) is 6.48. The van der Waals surface area contributed by atoms with E-state index in [1.54, 1.807) is 0 Å². The van der Waals surface area contributed by atoms with Crippen LogP contribution >= 0.6 is 0 Å². The number of halogens is 1. The molecule has 2 aliphatic rings. The summed E-state index contributed by atoms with van der Waals surface area (Å²) >= 11 is 0. The average molecular weight is 115 g/mol. The number of alkyl halides is 1. The van der Waals surface area contributed by atoms with Gasteiger partial charge in [-0.1, -0.05) is 0 Å². The quantitative estimate of drug-likeness (QED) is 0.453. The predicted molar refractivity (Wildman–Crippen MR) is 30.3 cm³/mol. The van der Waals surface area contributed by atoms with Crippen molar-refractivity contribution in [2.45, 2.75) is 31.8 Å². The summed E-state index contributed by atoms with van der Waals surface area (Å²) in [5.41, 5.74) is 0. The third kappa shape index (κ3) is 0.503. The van der Waals surface area contributed by atoms with Crippen molar-refractivity contribution < 1.29 is 5.76 Å². The van der Waals surface area contributed by atoms with E-state index < -0.39 is 6.15 Å². The molecule has 2 aliphatic carbocycles. The largest absolute Gasteiger partial charge is 0.247 e. The maximum absolute atomic E-state index is 13.0. The van der Waals surface area contributed by atoms with Gasteiger partial charge in [-0.05, 0) is 37.5 Å². The third-order valence-corrected chi connectivity index (χ3v) is 2.47. The van der Waals surface area contributed by atoms with Crippen molar-refractivity contribution >= 4 is 0 Å². The first-order valence-corrected chi connectivity index (χ1v) is 3.37. The van der Waals surface area contributed by atoms with E-state index in [-0.39, 0.29) is 5.92 Å². The second-order valence-corrected chi connectivity index (χ2v) is 3.03. The summed E-state index contributed by atoms with van der Waals surface area (Å²) in [7, 11) is 0. The molecule has 2 rings (SSSR count). The van der Waals surface area contributed by atoms with E-state index in [2.05, 4.69) is 0 Å². The Morgan fingerprint density at radius 1 is 1.38 bits per heavy atom. The molecule has 2 bridgehead atoms. The van der Waals surface area contributed by atoms with E-state index in [9.17, 15) is 4.39 Å². The molecular formula is C7H11F. The van der Waals surface area contributed by atoms with Gasteiger partial charge in [0.25, 0.3) is 0 Å². The number of rotatable bonds is 0. The maximum Gasteiger partial charge on any atom is 0.103 e. The maximum atomic E-state index is 13.0. The highest BCUT2D eigenvalue weighted by atomic mass is 19.1. The van der Waals surface area contributed by atoms with Crippen LogP contribution in [0.5, 0.6) is 0 Å². The van der Waals surface area contributed by atoms with Crippen LogP contribution in [0.25, 0.3) is 0 Å². The fraction of sp³-hybridized carbons (Fsp3) is 1.00. The topological polar surface area (TPSA) is 0 Å². The smallest absolute Gasteiger partial charge is 0.103 e. The Bertz CT molecular complexity index is 133. The molecule has 0 aromatic heterocycles. The van der Waals surface area contributed by atoms with Gasteiger partial charge in [-0.3, -0.25) is 0 Å². The second-order valence-electron chi connectivity index (χ2n) is 3.03. The van der Waals surface area contributed by atoms with Crippen molar-refractivity contribution in [2.24, 2.45) is 11.8 Å². The van der Waals surface area contributed by atoms with Crippen molar-refractivity contribution in [3.05, 3.63) is 0 Å². The second kappa shape index (κ2) is 1.46. The van der Waals surface area contributed by atoms with Gasteiger partial charge in [0.05, 0.1) is 1.37 Å². The highest BCUT2D eigenvalue weighted by molar-refractivity contribution is 4.89. The minimum atomic E-state index is -1.54. The summed E-state index contributed by atoms with van der Waals surface area (Å²) in [4.78, 5) is 0. The van der Waals surface area contributed by atoms with Crippen LogP contribution < -0.4 is 0 Å². The van der Waals surface area contributed by atoms with Crippen molar-refractivity contribution in [3.63, 3.8) is 0 Å². The van der Waals surface area contributed by atoms with Crippen LogP contribution in [0.15, 0.2) is 0 Å². The molecule has 0 heterocycles. The fourth-order valence-electron chi connectivity index (χ4n) is 1.99. The number of hydrogen-bond donors (Lipinski definition) is 0. The van der Waals surface area contributed by atoms with E-state index in [0.717, 1.165) is 12.8 Å². The van der Waals surface area contributed by atoms with Crippen LogP contribution in [-0.2, 0) is 0 Å². The van der Waals surface area contributed by atoms with E-state index in [0.29, 0.717) is 12.3 Å². The van der Waals surface area contributed by atoms with E-state index in [1.165, 1.54) is 6.42 Å². The van der Waals surface area contributed by atoms with Crippen molar-refractivity contribution in [2.75, 3.05) is 0 Å². The molecule has 0 radical (unpaired) electrons. The van der Waals surface area contributed by atoms with Crippen LogP contribution in [0.3, 0.4) is 0 Å². The molecule has 1 heteroatoms. The zero-order valence-corrected chi connectivity index (χ0v) is 4.86. The van der Waals surface area contributed by atoms with Crippen LogP contribution in [0, 0.1) is 11.8 Å². The molecule has 0 saturated heterocycles. The highest BCUT2D eigenvalue weighted by Gasteiger charge is 2.39. The molecule has 2 unspecified atom stereocenters. The summed E-state index contributed by atoms with van der Waals surface area (Å²) in [6, 6.07) is 0. The monoisotopic (exact) mass is 115 g/mol. The molecule has 3 atom stereocenters. The molecule has 2 saturated carbocycles. The number of fused-ring (bicyclic) bond motifs is 2. The molecular weight excluding hydrogens is 103 g/mol. The van der Waals surface area contributed by atoms with Crippen LogP contribution in [0.4, 0.5) is 4.39 Å². The minimum absolute atomic E-state index is 0.0856. The van der Waals surface area contributed by atoms with Crippen molar-refractivity contribution in [1.29, 1.82) is 0 Å². The SMILES string of the molecule is [2H][C@@]1(F)CC2CCC1C2. The van der Waals surface area contributed by atoms with E-state index in [1.807, 2.05) is 0 Å². The van der Waals surface area contributed by atoms with Gasteiger partial charge in [-0.2, -0.15) is 0 Å². The first-order chi connectivity index (χ1) is 4.18. The molecule has 0 N–H and O–H groups in total. The average Bonchev–Trinajstić information content (AvgIpc) is 2.19. The van der Waals surface area contributed by atoms with Gasteiger partial charge in [0, 0.05) is 0 Å². The van der Waals surface area contributed by atoms with E-state index >= 15 is 0 Å². The summed E-state index contributed by atoms with van der Waals surface area (Å²) < 4.78 is 20.2.